The molecule has 0 spiro atoms. The maximum Gasteiger partial charge on any atom is 0.232 e. The largest absolute Gasteiger partial charge is 0.325 e. The lowest BCUT2D eigenvalue weighted by Crippen LogP contribution is -2.14. The van der Waals surface area contributed by atoms with Crippen LogP contribution in [-0.2, 0) is 11.2 Å². The maximum atomic E-state index is 12.0. The van der Waals surface area contributed by atoms with E-state index in [-0.39, 0.29) is 11.8 Å². The number of rotatable bonds is 2. The third-order valence-corrected chi connectivity index (χ3v) is 3.66. The van der Waals surface area contributed by atoms with Crippen LogP contribution in [0.4, 0.5) is 5.69 Å². The van der Waals surface area contributed by atoms with E-state index in [0.29, 0.717) is 6.42 Å². The Kier molecular flexibility index (Phi) is 2.80. The van der Waals surface area contributed by atoms with Crippen molar-refractivity contribution in [2.24, 2.45) is 0 Å². The van der Waals surface area contributed by atoms with E-state index in [1.54, 1.807) is 0 Å². The van der Waals surface area contributed by atoms with Crippen LogP contribution in [0.25, 0.3) is 0 Å². The Bertz CT molecular complexity index is 609. The summed E-state index contributed by atoms with van der Waals surface area (Å²) in [6.07, 6.45) is 0.641. The van der Waals surface area contributed by atoms with Gasteiger partial charge in [0.05, 0.1) is 5.92 Å². The van der Waals surface area contributed by atoms with Gasteiger partial charge in [0.15, 0.2) is 0 Å². The zero-order valence-electron chi connectivity index (χ0n) is 9.69. The minimum absolute atomic E-state index is 0.0520. The number of carbonyl (C=O) groups excluding carboxylic acids is 1. The van der Waals surface area contributed by atoms with Gasteiger partial charge in [-0.2, -0.15) is 0 Å². The quantitative estimate of drug-likeness (QED) is 0.875. The molecule has 0 fully saturated rings. The molecular formula is C15H12ClNO. The number of anilines is 1. The van der Waals surface area contributed by atoms with Gasteiger partial charge in [-0.05, 0) is 29.7 Å². The number of carbonyl (C=O) groups is 1. The molecule has 1 atom stereocenters. The first-order valence-corrected chi connectivity index (χ1v) is 6.26. The van der Waals surface area contributed by atoms with Crippen LogP contribution in [0.1, 0.15) is 17.0 Å². The van der Waals surface area contributed by atoms with Crippen LogP contribution < -0.4 is 5.32 Å². The Morgan fingerprint density at radius 1 is 1.06 bits per heavy atom. The molecule has 2 nitrogen and oxygen atoms in total. The number of nitrogens with one attached hydrogen (secondary N) is 1. The smallest absolute Gasteiger partial charge is 0.232 e. The number of amides is 1. The number of para-hydroxylation sites is 1. The first-order valence-electron chi connectivity index (χ1n) is 5.89. The number of hydrogen-bond acceptors (Lipinski definition) is 1. The third-order valence-electron chi connectivity index (χ3n) is 3.29. The molecule has 1 aliphatic rings. The highest BCUT2D eigenvalue weighted by Gasteiger charge is 2.30. The summed E-state index contributed by atoms with van der Waals surface area (Å²) in [6, 6.07) is 15.5. The van der Waals surface area contributed by atoms with Gasteiger partial charge in [0.1, 0.15) is 0 Å². The van der Waals surface area contributed by atoms with E-state index in [9.17, 15) is 4.79 Å². The molecule has 2 aromatic rings. The van der Waals surface area contributed by atoms with E-state index in [1.165, 1.54) is 0 Å². The standard InChI is InChI=1S/C15H12ClNO/c16-13-7-3-1-5-10(13)9-12-11-6-2-4-8-14(11)17-15(12)18/h1-8,12H,9H2,(H,17,18)/t12-/m0/s1. The normalized spacial score (nSPS) is 17.4. The molecule has 0 saturated carbocycles. The molecule has 0 radical (unpaired) electrons. The molecule has 90 valence electrons. The summed E-state index contributed by atoms with van der Waals surface area (Å²) in [6.45, 7) is 0. The zero-order valence-corrected chi connectivity index (χ0v) is 10.4. The molecule has 0 bridgehead atoms. The van der Waals surface area contributed by atoms with Gasteiger partial charge < -0.3 is 5.32 Å². The minimum atomic E-state index is -0.138. The first-order chi connectivity index (χ1) is 8.75. The summed E-state index contributed by atoms with van der Waals surface area (Å²) < 4.78 is 0. The molecule has 3 rings (SSSR count). The average Bonchev–Trinajstić information content (AvgIpc) is 2.69. The fraction of sp³-hybridized carbons (Fsp3) is 0.133. The van der Waals surface area contributed by atoms with E-state index in [4.69, 9.17) is 11.6 Å². The van der Waals surface area contributed by atoms with Gasteiger partial charge in [-0.25, -0.2) is 0 Å². The predicted octanol–water partition coefficient (Wildman–Crippen LogP) is 3.62. The lowest BCUT2D eigenvalue weighted by molar-refractivity contribution is -0.117. The average molecular weight is 258 g/mol. The van der Waals surface area contributed by atoms with Crippen molar-refractivity contribution >= 4 is 23.2 Å². The van der Waals surface area contributed by atoms with Gasteiger partial charge in [0.25, 0.3) is 0 Å². The monoisotopic (exact) mass is 257 g/mol. The Balaban J connectivity index is 1.94. The summed E-state index contributed by atoms with van der Waals surface area (Å²) in [5.41, 5.74) is 2.98. The number of fused-ring (bicyclic) bond motifs is 1. The molecule has 0 aromatic heterocycles. The van der Waals surface area contributed by atoms with Gasteiger partial charge in [-0.15, -0.1) is 0 Å². The Morgan fingerprint density at radius 2 is 1.78 bits per heavy atom. The highest BCUT2D eigenvalue weighted by atomic mass is 35.5. The molecule has 1 N–H and O–H groups in total. The lowest BCUT2D eigenvalue weighted by atomic mass is 9.93. The molecular weight excluding hydrogens is 246 g/mol. The Hall–Kier alpha value is -1.80. The molecule has 0 saturated heterocycles. The summed E-state index contributed by atoms with van der Waals surface area (Å²) in [5, 5.41) is 3.62. The summed E-state index contributed by atoms with van der Waals surface area (Å²) in [7, 11) is 0. The van der Waals surface area contributed by atoms with Crippen LogP contribution in [0.5, 0.6) is 0 Å². The van der Waals surface area contributed by atoms with E-state index in [2.05, 4.69) is 5.32 Å². The van der Waals surface area contributed by atoms with Crippen LogP contribution in [0.15, 0.2) is 48.5 Å². The van der Waals surface area contributed by atoms with Crippen LogP contribution in [0, 0.1) is 0 Å². The molecule has 1 heterocycles. The van der Waals surface area contributed by atoms with E-state index in [0.717, 1.165) is 21.8 Å². The van der Waals surface area contributed by atoms with Crippen molar-refractivity contribution in [1.82, 2.24) is 0 Å². The van der Waals surface area contributed by atoms with Crippen LogP contribution in [-0.4, -0.2) is 5.91 Å². The first kappa shape index (κ1) is 11.3. The van der Waals surface area contributed by atoms with Gasteiger partial charge in [0, 0.05) is 10.7 Å². The summed E-state index contributed by atoms with van der Waals surface area (Å²) in [5.74, 6) is -0.0859. The van der Waals surface area contributed by atoms with Crippen LogP contribution in [0.2, 0.25) is 5.02 Å². The fourth-order valence-electron chi connectivity index (χ4n) is 2.36. The maximum absolute atomic E-state index is 12.0. The van der Waals surface area contributed by atoms with Crippen molar-refractivity contribution in [1.29, 1.82) is 0 Å². The van der Waals surface area contributed by atoms with Crippen molar-refractivity contribution < 1.29 is 4.79 Å². The van der Waals surface area contributed by atoms with E-state index < -0.39 is 0 Å². The number of hydrogen-bond donors (Lipinski definition) is 1. The highest BCUT2D eigenvalue weighted by Crippen LogP contribution is 2.35. The fourth-order valence-corrected chi connectivity index (χ4v) is 2.58. The third kappa shape index (κ3) is 1.89. The Labute approximate surface area is 111 Å². The van der Waals surface area contributed by atoms with Crippen molar-refractivity contribution in [3.8, 4) is 0 Å². The second-order valence-corrected chi connectivity index (χ2v) is 4.83. The van der Waals surface area contributed by atoms with Crippen LogP contribution in [0.3, 0.4) is 0 Å². The van der Waals surface area contributed by atoms with Crippen molar-refractivity contribution in [3.63, 3.8) is 0 Å². The van der Waals surface area contributed by atoms with Crippen molar-refractivity contribution in [2.75, 3.05) is 5.32 Å². The Morgan fingerprint density at radius 3 is 2.61 bits per heavy atom. The second kappa shape index (κ2) is 4.46. The lowest BCUT2D eigenvalue weighted by Gasteiger charge is -2.10. The van der Waals surface area contributed by atoms with E-state index in [1.807, 2.05) is 48.5 Å². The molecule has 1 amide bonds. The summed E-state index contributed by atoms with van der Waals surface area (Å²) >= 11 is 6.15. The van der Waals surface area contributed by atoms with Gasteiger partial charge >= 0.3 is 0 Å². The predicted molar refractivity (Wildman–Crippen MR) is 73.0 cm³/mol. The molecule has 0 unspecified atom stereocenters. The molecule has 2 aromatic carbocycles. The van der Waals surface area contributed by atoms with Crippen molar-refractivity contribution in [3.05, 3.63) is 64.7 Å². The second-order valence-electron chi connectivity index (χ2n) is 4.42. The van der Waals surface area contributed by atoms with Gasteiger partial charge in [-0.3, -0.25) is 4.79 Å². The molecule has 18 heavy (non-hydrogen) atoms. The SMILES string of the molecule is O=C1Nc2ccccc2[C@@H]1Cc1ccccc1Cl. The van der Waals surface area contributed by atoms with Crippen molar-refractivity contribution in [2.45, 2.75) is 12.3 Å². The highest BCUT2D eigenvalue weighted by molar-refractivity contribution is 6.31. The zero-order chi connectivity index (χ0) is 12.5. The molecule has 3 heteroatoms. The van der Waals surface area contributed by atoms with Crippen LogP contribution >= 0.6 is 11.6 Å². The molecule has 0 aliphatic carbocycles. The number of benzene rings is 2. The van der Waals surface area contributed by atoms with Gasteiger partial charge in [-0.1, -0.05) is 48.0 Å². The topological polar surface area (TPSA) is 29.1 Å². The molecule has 1 aliphatic heterocycles. The number of halogens is 1. The van der Waals surface area contributed by atoms with E-state index >= 15 is 0 Å². The summed E-state index contributed by atoms with van der Waals surface area (Å²) in [4.78, 5) is 12.0. The minimum Gasteiger partial charge on any atom is -0.325 e. The van der Waals surface area contributed by atoms with Gasteiger partial charge in [0.2, 0.25) is 5.91 Å².